The molecule has 2 unspecified atom stereocenters. The summed E-state index contributed by atoms with van der Waals surface area (Å²) in [6.07, 6.45) is 1.09. The topological polar surface area (TPSA) is 24.9 Å². The molecule has 2 aromatic rings. The van der Waals surface area contributed by atoms with Crippen molar-refractivity contribution in [2.45, 2.75) is 39.3 Å². The zero-order valence-corrected chi connectivity index (χ0v) is 12.1. The molecule has 92 valence electrons. The summed E-state index contributed by atoms with van der Waals surface area (Å²) in [4.78, 5) is 5.96. The second-order valence-corrected chi connectivity index (χ2v) is 6.46. The highest BCUT2D eigenvalue weighted by atomic mass is 32.1. The van der Waals surface area contributed by atoms with Crippen LogP contribution < -0.4 is 5.32 Å². The fourth-order valence-corrected chi connectivity index (χ4v) is 3.42. The second-order valence-electron chi connectivity index (χ2n) is 4.36. The number of rotatable bonds is 5. The number of nitrogens with zero attached hydrogens (tertiary/aromatic N) is 1. The van der Waals surface area contributed by atoms with Gasteiger partial charge in [0.25, 0.3) is 0 Å². The van der Waals surface area contributed by atoms with Crippen LogP contribution in [-0.2, 0) is 6.42 Å². The van der Waals surface area contributed by atoms with Crippen molar-refractivity contribution in [3.8, 4) is 0 Å². The predicted octanol–water partition coefficient (Wildman–Crippen LogP) is 3.79. The Hall–Kier alpha value is -0.710. The monoisotopic (exact) mass is 266 g/mol. The van der Waals surface area contributed by atoms with Crippen LogP contribution in [0.25, 0.3) is 0 Å². The average Bonchev–Trinajstić information content (AvgIpc) is 2.89. The summed E-state index contributed by atoms with van der Waals surface area (Å²) >= 11 is 3.54. The van der Waals surface area contributed by atoms with Gasteiger partial charge in [-0.1, -0.05) is 6.07 Å². The minimum Gasteiger partial charge on any atom is -0.306 e. The summed E-state index contributed by atoms with van der Waals surface area (Å²) in [5, 5.41) is 9.01. The van der Waals surface area contributed by atoms with Crippen LogP contribution >= 0.6 is 22.7 Å². The highest BCUT2D eigenvalue weighted by Crippen LogP contribution is 2.17. The van der Waals surface area contributed by atoms with Crippen LogP contribution in [-0.4, -0.2) is 11.0 Å². The summed E-state index contributed by atoms with van der Waals surface area (Å²) in [5.74, 6) is 0. The minimum atomic E-state index is 0.329. The summed E-state index contributed by atoms with van der Waals surface area (Å²) in [5.41, 5.74) is 1.16. The van der Waals surface area contributed by atoms with Crippen molar-refractivity contribution in [3.63, 3.8) is 0 Å². The molecule has 0 bridgehead atoms. The number of thiazole rings is 1. The quantitative estimate of drug-likeness (QED) is 0.890. The van der Waals surface area contributed by atoms with E-state index in [1.165, 1.54) is 4.88 Å². The molecule has 0 spiro atoms. The minimum absolute atomic E-state index is 0.329. The molecular formula is C13H18N2S2. The molecule has 2 nitrogen and oxygen atoms in total. The van der Waals surface area contributed by atoms with Gasteiger partial charge in [-0.3, -0.25) is 0 Å². The van der Waals surface area contributed by atoms with E-state index in [9.17, 15) is 0 Å². The van der Waals surface area contributed by atoms with E-state index in [2.05, 4.69) is 54.0 Å². The summed E-state index contributed by atoms with van der Waals surface area (Å²) in [7, 11) is 0. The number of nitrogens with one attached hydrogen (secondary N) is 1. The van der Waals surface area contributed by atoms with Gasteiger partial charge in [-0.25, -0.2) is 4.98 Å². The molecule has 0 aliphatic heterocycles. The van der Waals surface area contributed by atoms with Crippen molar-refractivity contribution < 1.29 is 0 Å². The molecule has 0 saturated heterocycles. The van der Waals surface area contributed by atoms with E-state index in [1.54, 1.807) is 11.3 Å². The third kappa shape index (κ3) is 3.63. The van der Waals surface area contributed by atoms with Crippen molar-refractivity contribution in [1.29, 1.82) is 0 Å². The van der Waals surface area contributed by atoms with Crippen LogP contribution in [0.2, 0.25) is 0 Å². The third-order valence-electron chi connectivity index (χ3n) is 2.70. The van der Waals surface area contributed by atoms with Crippen LogP contribution in [0.3, 0.4) is 0 Å². The van der Waals surface area contributed by atoms with Crippen LogP contribution in [0.1, 0.15) is 35.5 Å². The summed E-state index contributed by atoms with van der Waals surface area (Å²) in [6, 6.07) is 5.11. The van der Waals surface area contributed by atoms with Gasteiger partial charge in [0.05, 0.1) is 10.7 Å². The Kier molecular flexibility index (Phi) is 4.31. The van der Waals surface area contributed by atoms with Gasteiger partial charge in [0.1, 0.15) is 0 Å². The molecule has 0 amide bonds. The fraction of sp³-hybridized carbons (Fsp3) is 0.462. The number of hydrogen-bond acceptors (Lipinski definition) is 4. The van der Waals surface area contributed by atoms with Crippen LogP contribution in [0.5, 0.6) is 0 Å². The van der Waals surface area contributed by atoms with Crippen LogP contribution in [0, 0.1) is 6.92 Å². The summed E-state index contributed by atoms with van der Waals surface area (Å²) in [6.45, 7) is 6.46. The van der Waals surface area contributed by atoms with E-state index >= 15 is 0 Å². The Balaban J connectivity index is 1.88. The van der Waals surface area contributed by atoms with Gasteiger partial charge in [-0.05, 0) is 38.6 Å². The standard InChI is InChI=1S/C13H18N2S2/c1-9(7-12-5-4-6-16-12)14-10(2)13-8-17-11(3)15-13/h4-6,8-10,14H,7H2,1-3H3. The van der Waals surface area contributed by atoms with E-state index in [0.29, 0.717) is 12.1 Å². The number of hydrogen-bond donors (Lipinski definition) is 1. The second kappa shape index (κ2) is 5.76. The van der Waals surface area contributed by atoms with E-state index in [0.717, 1.165) is 17.1 Å². The van der Waals surface area contributed by atoms with Crippen molar-refractivity contribution in [1.82, 2.24) is 10.3 Å². The van der Waals surface area contributed by atoms with Crippen molar-refractivity contribution in [2.75, 3.05) is 0 Å². The summed E-state index contributed by atoms with van der Waals surface area (Å²) < 4.78 is 0. The van der Waals surface area contributed by atoms with Crippen LogP contribution in [0.15, 0.2) is 22.9 Å². The zero-order chi connectivity index (χ0) is 12.3. The predicted molar refractivity (Wildman–Crippen MR) is 75.9 cm³/mol. The Labute approximate surface area is 111 Å². The SMILES string of the molecule is Cc1nc(C(C)NC(C)Cc2cccs2)cs1. The van der Waals surface area contributed by atoms with Gasteiger partial charge in [-0.15, -0.1) is 22.7 Å². The maximum absolute atomic E-state index is 4.52. The van der Waals surface area contributed by atoms with Gasteiger partial charge in [0, 0.05) is 22.3 Å². The first-order valence-corrected chi connectivity index (χ1v) is 7.61. The fourth-order valence-electron chi connectivity index (χ4n) is 1.88. The Bertz CT molecular complexity index is 448. The number of aryl methyl sites for hydroxylation is 1. The Morgan fingerprint density at radius 3 is 2.76 bits per heavy atom. The number of thiophene rings is 1. The Morgan fingerprint density at radius 2 is 2.18 bits per heavy atom. The lowest BCUT2D eigenvalue weighted by molar-refractivity contribution is 0.473. The molecule has 0 radical (unpaired) electrons. The maximum Gasteiger partial charge on any atom is 0.0898 e. The molecule has 4 heteroatoms. The van der Waals surface area contributed by atoms with Crippen molar-refractivity contribution in [2.24, 2.45) is 0 Å². The molecule has 2 atom stereocenters. The first-order valence-electron chi connectivity index (χ1n) is 5.85. The lowest BCUT2D eigenvalue weighted by atomic mass is 10.1. The third-order valence-corrected chi connectivity index (χ3v) is 4.39. The van der Waals surface area contributed by atoms with Gasteiger partial charge in [0.2, 0.25) is 0 Å². The number of aromatic nitrogens is 1. The van der Waals surface area contributed by atoms with Crippen molar-refractivity contribution >= 4 is 22.7 Å². The van der Waals surface area contributed by atoms with E-state index < -0.39 is 0 Å². The molecule has 2 rings (SSSR count). The maximum atomic E-state index is 4.52. The van der Waals surface area contributed by atoms with Crippen molar-refractivity contribution in [3.05, 3.63) is 38.5 Å². The van der Waals surface area contributed by atoms with E-state index in [-0.39, 0.29) is 0 Å². The lowest BCUT2D eigenvalue weighted by Crippen LogP contribution is -2.30. The average molecular weight is 266 g/mol. The molecule has 0 saturated carbocycles. The molecule has 1 N–H and O–H groups in total. The molecule has 0 aliphatic carbocycles. The molecular weight excluding hydrogens is 248 g/mol. The van der Waals surface area contributed by atoms with E-state index in [4.69, 9.17) is 0 Å². The Morgan fingerprint density at radius 1 is 1.35 bits per heavy atom. The molecule has 2 aromatic heterocycles. The molecule has 2 heterocycles. The van der Waals surface area contributed by atoms with Gasteiger partial charge < -0.3 is 5.32 Å². The molecule has 0 aromatic carbocycles. The molecule has 0 aliphatic rings. The zero-order valence-electron chi connectivity index (χ0n) is 10.4. The van der Waals surface area contributed by atoms with Gasteiger partial charge in [-0.2, -0.15) is 0 Å². The largest absolute Gasteiger partial charge is 0.306 e. The first kappa shape index (κ1) is 12.7. The van der Waals surface area contributed by atoms with Gasteiger partial charge in [0.15, 0.2) is 0 Å². The molecule has 17 heavy (non-hydrogen) atoms. The highest BCUT2D eigenvalue weighted by Gasteiger charge is 2.12. The smallest absolute Gasteiger partial charge is 0.0898 e. The van der Waals surface area contributed by atoms with Crippen LogP contribution in [0.4, 0.5) is 0 Å². The first-order chi connectivity index (χ1) is 8.15. The van der Waals surface area contributed by atoms with Gasteiger partial charge >= 0.3 is 0 Å². The highest BCUT2D eigenvalue weighted by molar-refractivity contribution is 7.10. The molecule has 0 fully saturated rings. The normalized spacial score (nSPS) is 14.8. The lowest BCUT2D eigenvalue weighted by Gasteiger charge is -2.18. The van der Waals surface area contributed by atoms with E-state index in [1.807, 2.05) is 11.3 Å².